The Morgan fingerprint density at radius 2 is 1.98 bits per heavy atom. The lowest BCUT2D eigenvalue weighted by molar-refractivity contribution is -0.125. The molecule has 3 aliphatic rings. The first-order chi connectivity index (χ1) is 20.4. The van der Waals surface area contributed by atoms with Gasteiger partial charge in [0.1, 0.15) is 5.76 Å². The highest BCUT2D eigenvalue weighted by atomic mass is 35.5. The van der Waals surface area contributed by atoms with Gasteiger partial charge in [0.05, 0.1) is 32.8 Å². The van der Waals surface area contributed by atoms with Gasteiger partial charge in [-0.25, -0.2) is 8.42 Å². The second kappa shape index (κ2) is 12.8. The summed E-state index contributed by atoms with van der Waals surface area (Å²) >= 11 is 13.2. The summed E-state index contributed by atoms with van der Waals surface area (Å²) < 4.78 is 29.3. The molecule has 2 aliphatic carbocycles. The van der Waals surface area contributed by atoms with Crippen LogP contribution < -0.4 is 10.6 Å². The highest BCUT2D eigenvalue weighted by Gasteiger charge is 2.31. The van der Waals surface area contributed by atoms with Gasteiger partial charge >= 0.3 is 0 Å². The summed E-state index contributed by atoms with van der Waals surface area (Å²) in [6.07, 6.45) is 9.09. The fraction of sp³-hybridized carbons (Fsp3) is 0.355. The van der Waals surface area contributed by atoms with Crippen molar-refractivity contribution in [2.45, 2.75) is 49.3 Å². The lowest BCUT2D eigenvalue weighted by atomic mass is 9.82. The lowest BCUT2D eigenvalue weighted by Crippen LogP contribution is -2.45. The summed E-state index contributed by atoms with van der Waals surface area (Å²) in [7, 11) is -3.47. The molecule has 5 rings (SSSR count). The number of hydrogen-bond donors (Lipinski definition) is 4. The minimum absolute atomic E-state index is 0.000259. The van der Waals surface area contributed by atoms with Gasteiger partial charge in [0.2, 0.25) is 5.91 Å². The standard InChI is InChI=1S/C31H32Cl2N2O7S/c1-43(40,41)22-4-2-3-17(11-22)12-25(31(38)39)35-30(37)27-24(32)15-21-14-20(7-8-23(21)28(27)33)29(36)34-16-18-5-6-19-9-10-42-26(19)13-18/h2-5,9-11,13,15,19-20,25,31,38-39H,6-8,12,14,16H2,1H3,(H,34,36)(H,35,37)/t19?,20?,25-/m0/s1. The maximum Gasteiger partial charge on any atom is 0.254 e. The molecule has 0 saturated carbocycles. The number of fused-ring (bicyclic) bond motifs is 2. The molecule has 9 nitrogen and oxygen atoms in total. The molecule has 0 radical (unpaired) electrons. The molecule has 2 amide bonds. The largest absolute Gasteiger partial charge is 0.469 e. The smallest absolute Gasteiger partial charge is 0.254 e. The van der Waals surface area contributed by atoms with Crippen molar-refractivity contribution in [1.82, 2.24) is 10.6 Å². The number of amides is 2. The van der Waals surface area contributed by atoms with Crippen LogP contribution in [0.5, 0.6) is 0 Å². The topological polar surface area (TPSA) is 142 Å². The normalized spacial score (nSPS) is 20.0. The molecule has 43 heavy (non-hydrogen) atoms. The highest BCUT2D eigenvalue weighted by molar-refractivity contribution is 7.90. The van der Waals surface area contributed by atoms with Crippen LogP contribution in [-0.4, -0.2) is 55.6 Å². The number of benzene rings is 2. The first-order valence-corrected chi connectivity index (χ1v) is 16.5. The van der Waals surface area contributed by atoms with Crippen LogP contribution in [-0.2, 0) is 38.6 Å². The van der Waals surface area contributed by atoms with Crippen molar-refractivity contribution in [3.8, 4) is 0 Å². The second-order valence-corrected chi connectivity index (χ2v) is 13.9. The number of nitrogens with one attached hydrogen (secondary N) is 2. The molecule has 12 heteroatoms. The Bertz CT molecular complexity index is 1650. The Hall–Kier alpha value is -3.15. The van der Waals surface area contributed by atoms with Crippen LogP contribution in [0.3, 0.4) is 0 Å². The van der Waals surface area contributed by atoms with Gasteiger partial charge in [-0.05, 0) is 84.7 Å². The van der Waals surface area contributed by atoms with Gasteiger partial charge in [-0.3, -0.25) is 9.59 Å². The Morgan fingerprint density at radius 3 is 2.72 bits per heavy atom. The molecular formula is C31H32Cl2N2O7S. The van der Waals surface area contributed by atoms with Crippen molar-refractivity contribution in [2.24, 2.45) is 11.8 Å². The van der Waals surface area contributed by atoms with E-state index in [2.05, 4.69) is 16.7 Å². The van der Waals surface area contributed by atoms with Crippen LogP contribution >= 0.6 is 23.2 Å². The van der Waals surface area contributed by atoms with Crippen LogP contribution in [0.4, 0.5) is 0 Å². The Labute approximate surface area is 260 Å². The number of carbonyl (C=O) groups excluding carboxylic acids is 2. The summed E-state index contributed by atoms with van der Waals surface area (Å²) in [5, 5.41) is 25.8. The third kappa shape index (κ3) is 7.16. The molecule has 2 aromatic carbocycles. The average Bonchev–Trinajstić information content (AvgIpc) is 3.43. The van der Waals surface area contributed by atoms with Gasteiger partial charge in [-0.1, -0.05) is 41.4 Å². The van der Waals surface area contributed by atoms with E-state index >= 15 is 0 Å². The van der Waals surface area contributed by atoms with Crippen LogP contribution in [0.15, 0.2) is 71.0 Å². The number of halogens is 2. The number of allylic oxidation sites excluding steroid dienone is 2. The molecule has 0 aromatic heterocycles. The van der Waals surface area contributed by atoms with Crippen molar-refractivity contribution in [3.63, 3.8) is 0 Å². The van der Waals surface area contributed by atoms with Crippen LogP contribution in [0.1, 0.15) is 39.9 Å². The van der Waals surface area contributed by atoms with E-state index in [-0.39, 0.29) is 44.7 Å². The average molecular weight is 648 g/mol. The zero-order chi connectivity index (χ0) is 30.9. The molecule has 0 spiro atoms. The number of rotatable bonds is 9. The Kier molecular flexibility index (Phi) is 9.34. The third-order valence-electron chi connectivity index (χ3n) is 7.99. The van der Waals surface area contributed by atoms with E-state index < -0.39 is 28.1 Å². The maximum absolute atomic E-state index is 13.3. The van der Waals surface area contributed by atoms with E-state index in [9.17, 15) is 28.2 Å². The number of hydrogen-bond acceptors (Lipinski definition) is 7. The van der Waals surface area contributed by atoms with Crippen LogP contribution in [0.2, 0.25) is 10.0 Å². The minimum Gasteiger partial charge on any atom is -0.469 e. The van der Waals surface area contributed by atoms with E-state index in [0.717, 1.165) is 35.1 Å². The summed E-state index contributed by atoms with van der Waals surface area (Å²) in [5.41, 5.74) is 2.98. The maximum atomic E-state index is 13.3. The summed E-state index contributed by atoms with van der Waals surface area (Å²) in [5.74, 6) is 0.0997. The quantitative estimate of drug-likeness (QED) is 0.305. The van der Waals surface area contributed by atoms with Crippen molar-refractivity contribution in [1.29, 1.82) is 0 Å². The van der Waals surface area contributed by atoms with E-state index in [1.807, 2.05) is 12.2 Å². The van der Waals surface area contributed by atoms with E-state index in [0.29, 0.717) is 31.4 Å². The zero-order valence-corrected chi connectivity index (χ0v) is 25.7. The first-order valence-electron chi connectivity index (χ1n) is 13.9. The second-order valence-electron chi connectivity index (χ2n) is 11.1. The van der Waals surface area contributed by atoms with Gasteiger partial charge in [-0.15, -0.1) is 0 Å². The van der Waals surface area contributed by atoms with Gasteiger partial charge in [0.15, 0.2) is 16.1 Å². The minimum atomic E-state index is -3.47. The van der Waals surface area contributed by atoms with E-state index in [1.54, 1.807) is 24.5 Å². The Balaban J connectivity index is 1.25. The molecule has 1 aliphatic heterocycles. The molecule has 0 fully saturated rings. The van der Waals surface area contributed by atoms with E-state index in [1.165, 1.54) is 12.1 Å². The number of sulfone groups is 1. The molecule has 2 aromatic rings. The van der Waals surface area contributed by atoms with Crippen molar-refractivity contribution >= 4 is 44.9 Å². The van der Waals surface area contributed by atoms with Gasteiger partial charge in [0, 0.05) is 24.6 Å². The number of ether oxygens (including phenoxy) is 1. The molecule has 228 valence electrons. The lowest BCUT2D eigenvalue weighted by Gasteiger charge is -2.27. The number of carbonyl (C=O) groups is 2. The number of aliphatic hydroxyl groups excluding tert-OH is 1. The van der Waals surface area contributed by atoms with Gasteiger partial charge in [0.25, 0.3) is 5.91 Å². The van der Waals surface area contributed by atoms with Gasteiger partial charge < -0.3 is 25.6 Å². The molecule has 0 saturated heterocycles. The number of aliphatic hydroxyl groups is 2. The van der Waals surface area contributed by atoms with Crippen molar-refractivity contribution < 1.29 is 33.0 Å². The van der Waals surface area contributed by atoms with Crippen molar-refractivity contribution in [2.75, 3.05) is 12.8 Å². The molecule has 4 N–H and O–H groups in total. The Morgan fingerprint density at radius 1 is 1.19 bits per heavy atom. The van der Waals surface area contributed by atoms with Gasteiger partial charge in [-0.2, -0.15) is 0 Å². The van der Waals surface area contributed by atoms with Crippen LogP contribution in [0.25, 0.3) is 0 Å². The molecular weight excluding hydrogens is 615 g/mol. The third-order valence-corrected chi connectivity index (χ3v) is 9.81. The van der Waals surface area contributed by atoms with Crippen LogP contribution in [0, 0.1) is 11.8 Å². The predicted octanol–water partition coefficient (Wildman–Crippen LogP) is 3.64. The monoisotopic (exact) mass is 646 g/mol. The fourth-order valence-corrected chi connectivity index (χ4v) is 7.07. The zero-order valence-electron chi connectivity index (χ0n) is 23.3. The molecule has 1 heterocycles. The summed E-state index contributed by atoms with van der Waals surface area (Å²) in [6.45, 7) is 0.402. The molecule has 3 atom stereocenters. The van der Waals surface area contributed by atoms with Crippen molar-refractivity contribution in [3.05, 3.63) is 98.5 Å². The highest BCUT2D eigenvalue weighted by Crippen LogP contribution is 2.37. The first kappa shape index (κ1) is 31.3. The predicted molar refractivity (Wildman–Crippen MR) is 162 cm³/mol. The SMILES string of the molecule is CS(=O)(=O)c1cccc(C[C@H](NC(=O)c2c(Cl)cc3c(c2Cl)CCC(C(=O)NCC2=CCC4C=COC4=C2)C3)C(O)O)c1. The summed E-state index contributed by atoms with van der Waals surface area (Å²) in [6, 6.07) is 6.49. The summed E-state index contributed by atoms with van der Waals surface area (Å²) in [4.78, 5) is 26.4. The molecule has 2 unspecified atom stereocenters. The molecule has 0 bridgehead atoms. The fourth-order valence-electron chi connectivity index (χ4n) is 5.62. The van der Waals surface area contributed by atoms with E-state index in [4.69, 9.17) is 27.9 Å².